The first-order valence-electron chi connectivity index (χ1n) is 9.12. The molecule has 1 aromatic heterocycles. The number of nitrogens with zero attached hydrogens (tertiary/aromatic N) is 3. The highest BCUT2D eigenvalue weighted by molar-refractivity contribution is 5.78. The Morgan fingerprint density at radius 2 is 1.96 bits per heavy atom. The topological polar surface area (TPSA) is 147 Å². The predicted octanol–water partition coefficient (Wildman–Crippen LogP) is -0.0326. The molecule has 3 rings (SSSR count). The molecule has 0 bridgehead atoms. The number of nitrogens with one attached hydrogen (secondary N) is 1. The van der Waals surface area contributed by atoms with Crippen LogP contribution in [-0.2, 0) is 20.8 Å². The van der Waals surface area contributed by atoms with Crippen LogP contribution in [-0.4, -0.2) is 93.3 Å². The van der Waals surface area contributed by atoms with Crippen molar-refractivity contribution < 1.29 is 29.7 Å². The van der Waals surface area contributed by atoms with Gasteiger partial charge in [0, 0.05) is 37.3 Å². The second-order valence-corrected chi connectivity index (χ2v) is 7.19. The van der Waals surface area contributed by atoms with E-state index in [0.717, 1.165) is 50.3 Å². The van der Waals surface area contributed by atoms with E-state index in [-0.39, 0.29) is 30.4 Å². The van der Waals surface area contributed by atoms with E-state index in [0.29, 0.717) is 13.0 Å². The lowest BCUT2D eigenvalue weighted by atomic mass is 9.71. The quantitative estimate of drug-likeness (QED) is 0.508. The maximum absolute atomic E-state index is 12.6. The van der Waals surface area contributed by atoms with Gasteiger partial charge in [0.25, 0.3) is 12.9 Å². The summed E-state index contributed by atoms with van der Waals surface area (Å²) in [7, 11) is 2.10. The smallest absolute Gasteiger partial charge is 0.290 e. The molecule has 0 aromatic carbocycles. The molecule has 2 aliphatic heterocycles. The second-order valence-electron chi connectivity index (χ2n) is 7.19. The SMILES string of the molecule is Cc1[nH]cnc1CC(=O)N1CCC[C@]2(CN(C)CC[C@@H]2O)C1.O=CO.O=CO. The normalized spacial score (nSPS) is 24.4. The monoisotopic (exact) mass is 398 g/mol. The summed E-state index contributed by atoms with van der Waals surface area (Å²) >= 11 is 0. The van der Waals surface area contributed by atoms with E-state index in [1.807, 2.05) is 11.8 Å². The molecule has 2 atom stereocenters. The molecule has 2 saturated heterocycles. The minimum absolute atomic E-state index is 0.120. The van der Waals surface area contributed by atoms with Crippen LogP contribution in [0.25, 0.3) is 0 Å². The average Bonchev–Trinajstić information content (AvgIpc) is 3.05. The molecule has 158 valence electrons. The lowest BCUT2D eigenvalue weighted by Crippen LogP contribution is -2.59. The first kappa shape index (κ1) is 23.6. The highest BCUT2D eigenvalue weighted by Gasteiger charge is 2.45. The second kappa shape index (κ2) is 11.4. The van der Waals surface area contributed by atoms with Gasteiger partial charge in [-0.2, -0.15) is 0 Å². The van der Waals surface area contributed by atoms with Gasteiger partial charge >= 0.3 is 0 Å². The molecule has 0 aliphatic carbocycles. The fraction of sp³-hybridized carbons (Fsp3) is 0.667. The number of aromatic amines is 1. The molecule has 0 radical (unpaired) electrons. The van der Waals surface area contributed by atoms with Crippen LogP contribution in [0.3, 0.4) is 0 Å². The molecule has 2 fully saturated rings. The summed E-state index contributed by atoms with van der Waals surface area (Å²) in [6.45, 7) is 4.71. The molecule has 2 aliphatic rings. The average molecular weight is 398 g/mol. The fourth-order valence-corrected chi connectivity index (χ4v) is 3.97. The Morgan fingerprint density at radius 3 is 2.54 bits per heavy atom. The summed E-state index contributed by atoms with van der Waals surface area (Å²) in [6, 6.07) is 0. The van der Waals surface area contributed by atoms with Gasteiger partial charge in [0.05, 0.1) is 24.5 Å². The first-order valence-corrected chi connectivity index (χ1v) is 9.12. The number of rotatable bonds is 2. The summed E-state index contributed by atoms with van der Waals surface area (Å²) < 4.78 is 0. The Hall–Kier alpha value is -2.46. The fourth-order valence-electron chi connectivity index (χ4n) is 3.97. The van der Waals surface area contributed by atoms with Crippen molar-refractivity contribution in [1.82, 2.24) is 19.8 Å². The Balaban J connectivity index is 0.000000582. The van der Waals surface area contributed by atoms with Gasteiger partial charge in [-0.3, -0.25) is 14.4 Å². The van der Waals surface area contributed by atoms with Gasteiger partial charge in [-0.25, -0.2) is 4.98 Å². The molecular weight excluding hydrogens is 368 g/mol. The van der Waals surface area contributed by atoms with Crippen LogP contribution < -0.4 is 0 Å². The van der Waals surface area contributed by atoms with E-state index >= 15 is 0 Å². The van der Waals surface area contributed by atoms with E-state index in [9.17, 15) is 9.90 Å². The number of piperidine rings is 2. The number of aromatic nitrogens is 2. The minimum Gasteiger partial charge on any atom is -0.483 e. The molecule has 10 nitrogen and oxygen atoms in total. The Morgan fingerprint density at radius 1 is 1.32 bits per heavy atom. The summed E-state index contributed by atoms with van der Waals surface area (Å²) in [5, 5.41) is 24.3. The van der Waals surface area contributed by atoms with Crippen LogP contribution in [0.4, 0.5) is 0 Å². The summed E-state index contributed by atoms with van der Waals surface area (Å²) in [6.07, 6.45) is 4.45. The number of amides is 1. The van der Waals surface area contributed by atoms with Crippen LogP contribution in [0, 0.1) is 12.3 Å². The number of aryl methyl sites for hydroxylation is 1. The van der Waals surface area contributed by atoms with Crippen LogP contribution >= 0.6 is 0 Å². The number of hydrogen-bond donors (Lipinski definition) is 4. The zero-order valence-corrected chi connectivity index (χ0v) is 16.4. The molecule has 1 spiro atoms. The van der Waals surface area contributed by atoms with Crippen molar-refractivity contribution in [3.8, 4) is 0 Å². The first-order chi connectivity index (χ1) is 13.3. The number of carbonyl (C=O) groups excluding carboxylic acids is 1. The van der Waals surface area contributed by atoms with Crippen LogP contribution in [0.1, 0.15) is 30.7 Å². The van der Waals surface area contributed by atoms with E-state index in [4.69, 9.17) is 19.8 Å². The highest BCUT2D eigenvalue weighted by Crippen LogP contribution is 2.38. The van der Waals surface area contributed by atoms with Gasteiger partial charge < -0.3 is 30.1 Å². The third-order valence-corrected chi connectivity index (χ3v) is 5.29. The van der Waals surface area contributed by atoms with Crippen molar-refractivity contribution in [3.63, 3.8) is 0 Å². The highest BCUT2D eigenvalue weighted by atomic mass is 16.3. The van der Waals surface area contributed by atoms with Gasteiger partial charge in [-0.15, -0.1) is 0 Å². The minimum atomic E-state index is -0.300. The van der Waals surface area contributed by atoms with Gasteiger partial charge in [0.15, 0.2) is 0 Å². The lowest BCUT2D eigenvalue weighted by Gasteiger charge is -2.50. The molecule has 1 aromatic rings. The van der Waals surface area contributed by atoms with Crippen molar-refractivity contribution >= 4 is 18.9 Å². The maximum atomic E-state index is 12.6. The van der Waals surface area contributed by atoms with Crippen molar-refractivity contribution in [1.29, 1.82) is 0 Å². The van der Waals surface area contributed by atoms with E-state index in [1.165, 1.54) is 0 Å². The number of carboxylic acid groups (broad SMARTS) is 2. The largest absolute Gasteiger partial charge is 0.483 e. The van der Waals surface area contributed by atoms with Gasteiger partial charge in [0.2, 0.25) is 5.91 Å². The molecule has 10 heteroatoms. The van der Waals surface area contributed by atoms with Gasteiger partial charge in [0.1, 0.15) is 0 Å². The van der Waals surface area contributed by atoms with Crippen LogP contribution in [0.2, 0.25) is 0 Å². The molecule has 0 unspecified atom stereocenters. The Bertz CT molecular complexity index is 631. The van der Waals surface area contributed by atoms with Crippen molar-refractivity contribution in [3.05, 3.63) is 17.7 Å². The zero-order chi connectivity index (χ0) is 21.2. The molecule has 4 N–H and O–H groups in total. The van der Waals surface area contributed by atoms with Gasteiger partial charge in [-0.05, 0) is 33.2 Å². The number of H-pyrrole nitrogens is 1. The number of carbonyl (C=O) groups is 3. The molecule has 0 saturated carbocycles. The van der Waals surface area contributed by atoms with Crippen molar-refractivity contribution in [2.24, 2.45) is 5.41 Å². The Labute approximate surface area is 164 Å². The molecular formula is C18H30N4O6. The van der Waals surface area contributed by atoms with E-state index < -0.39 is 0 Å². The van der Waals surface area contributed by atoms with Crippen molar-refractivity contribution in [2.45, 2.75) is 38.7 Å². The van der Waals surface area contributed by atoms with Gasteiger partial charge in [-0.1, -0.05) is 0 Å². The van der Waals surface area contributed by atoms with E-state index in [2.05, 4.69) is 21.9 Å². The number of likely N-dealkylation sites (tertiary alicyclic amines) is 2. The van der Waals surface area contributed by atoms with Crippen LogP contribution in [0.15, 0.2) is 6.33 Å². The number of hydrogen-bond acceptors (Lipinski definition) is 6. The lowest BCUT2D eigenvalue weighted by molar-refractivity contribution is -0.140. The summed E-state index contributed by atoms with van der Waals surface area (Å²) in [5.41, 5.74) is 1.63. The molecule has 28 heavy (non-hydrogen) atoms. The third kappa shape index (κ3) is 6.31. The van der Waals surface area contributed by atoms with E-state index in [1.54, 1.807) is 6.33 Å². The summed E-state index contributed by atoms with van der Waals surface area (Å²) in [4.78, 5) is 40.8. The molecule has 1 amide bonds. The molecule has 3 heterocycles. The standard InChI is InChI=1S/C16H26N4O2.2CH2O2/c1-12-13(18-11-17-12)8-15(22)20-6-3-5-16(10-20)9-19(2)7-4-14(16)21;2*2-1-3/h11,14,21H,3-10H2,1-2H3,(H,17,18);2*1H,(H,2,3)/t14-,16-;;/m0../s1. The maximum Gasteiger partial charge on any atom is 0.290 e. The number of aliphatic hydroxyl groups excluding tert-OH is 1. The number of aliphatic hydroxyl groups is 1. The predicted molar refractivity (Wildman–Crippen MR) is 101 cm³/mol. The van der Waals surface area contributed by atoms with Crippen LogP contribution in [0.5, 0.6) is 0 Å². The third-order valence-electron chi connectivity index (χ3n) is 5.29. The number of imidazole rings is 1. The van der Waals surface area contributed by atoms with Crippen molar-refractivity contribution in [2.75, 3.05) is 33.2 Å². The Kier molecular flexibility index (Phi) is 9.60. The zero-order valence-electron chi connectivity index (χ0n) is 16.4. The summed E-state index contributed by atoms with van der Waals surface area (Å²) in [5.74, 6) is 0.120.